The zero-order chi connectivity index (χ0) is 15.7. The van der Waals surface area contributed by atoms with E-state index >= 15 is 0 Å². The normalized spacial score (nSPS) is 15.0. The molecule has 0 spiro atoms. The molecular formula is C16H18N2O3S. The fourth-order valence-electron chi connectivity index (χ4n) is 2.42. The molecule has 0 saturated heterocycles. The molecule has 3 rings (SSSR count). The minimum Gasteiger partial charge on any atom is -0.351 e. The van der Waals surface area contributed by atoms with Crippen LogP contribution in [-0.2, 0) is 9.84 Å². The molecule has 1 aromatic carbocycles. The van der Waals surface area contributed by atoms with Gasteiger partial charge in [-0.05, 0) is 25.0 Å². The predicted molar refractivity (Wildman–Crippen MR) is 85.8 cm³/mol. The van der Waals surface area contributed by atoms with Crippen molar-refractivity contribution in [2.75, 3.05) is 18.6 Å². The minimum absolute atomic E-state index is 0.0583. The summed E-state index contributed by atoms with van der Waals surface area (Å²) in [5, 5.41) is 3.48. The molecule has 6 heteroatoms. The Hall–Kier alpha value is -1.95. The van der Waals surface area contributed by atoms with Crippen LogP contribution in [0.2, 0.25) is 0 Å². The van der Waals surface area contributed by atoms with Gasteiger partial charge in [0.15, 0.2) is 0 Å². The number of hydrogen-bond acceptors (Lipinski definition) is 4. The molecule has 0 atom stereocenters. The summed E-state index contributed by atoms with van der Waals surface area (Å²) in [6.07, 6.45) is 3.38. The first-order valence-corrected chi connectivity index (χ1v) is 9.36. The van der Waals surface area contributed by atoms with E-state index in [2.05, 4.69) is 10.3 Å². The Labute approximate surface area is 129 Å². The number of amides is 1. The molecule has 1 N–H and O–H groups in total. The third-order valence-corrected chi connectivity index (χ3v) is 4.68. The number of rotatable bonds is 5. The first kappa shape index (κ1) is 15.0. The number of aromatic nitrogens is 1. The highest BCUT2D eigenvalue weighted by molar-refractivity contribution is 7.90. The van der Waals surface area contributed by atoms with Crippen molar-refractivity contribution in [1.29, 1.82) is 0 Å². The second-order valence-electron chi connectivity index (χ2n) is 5.77. The van der Waals surface area contributed by atoms with Gasteiger partial charge in [-0.1, -0.05) is 18.2 Å². The zero-order valence-electron chi connectivity index (χ0n) is 12.4. The number of pyridine rings is 1. The Morgan fingerprint density at radius 3 is 2.73 bits per heavy atom. The quantitative estimate of drug-likeness (QED) is 0.913. The SMILES string of the molecule is CS(=O)(=O)CCNC(=O)c1cc(C2CC2)nc2ccccc12. The van der Waals surface area contributed by atoms with Crippen LogP contribution in [0.5, 0.6) is 0 Å². The Balaban J connectivity index is 1.89. The number of carbonyl (C=O) groups is 1. The molecule has 1 heterocycles. The van der Waals surface area contributed by atoms with Gasteiger partial charge in [0.2, 0.25) is 0 Å². The van der Waals surface area contributed by atoms with Gasteiger partial charge in [-0.3, -0.25) is 9.78 Å². The lowest BCUT2D eigenvalue weighted by Crippen LogP contribution is -2.29. The lowest BCUT2D eigenvalue weighted by atomic mass is 10.1. The Bertz CT molecular complexity index is 826. The second-order valence-corrected chi connectivity index (χ2v) is 8.03. The van der Waals surface area contributed by atoms with Gasteiger partial charge in [-0.25, -0.2) is 8.42 Å². The predicted octanol–water partition coefficient (Wildman–Crippen LogP) is 1.89. The van der Waals surface area contributed by atoms with Crippen LogP contribution < -0.4 is 5.32 Å². The molecule has 1 aliphatic rings. The van der Waals surface area contributed by atoms with Crippen molar-refractivity contribution in [3.8, 4) is 0 Å². The van der Waals surface area contributed by atoms with E-state index in [0.29, 0.717) is 11.5 Å². The maximum atomic E-state index is 12.4. The van der Waals surface area contributed by atoms with Crippen LogP contribution in [0.25, 0.3) is 10.9 Å². The van der Waals surface area contributed by atoms with Gasteiger partial charge in [0, 0.05) is 29.8 Å². The third kappa shape index (κ3) is 3.44. The monoisotopic (exact) mass is 318 g/mol. The number of nitrogens with one attached hydrogen (secondary N) is 1. The molecule has 0 bridgehead atoms. The summed E-state index contributed by atoms with van der Waals surface area (Å²) in [5.41, 5.74) is 2.33. The van der Waals surface area contributed by atoms with Crippen LogP contribution in [-0.4, -0.2) is 37.9 Å². The Kier molecular flexibility index (Phi) is 3.87. The summed E-state index contributed by atoms with van der Waals surface area (Å²) in [6.45, 7) is 0.118. The van der Waals surface area contributed by atoms with E-state index in [1.54, 1.807) is 0 Å². The Morgan fingerprint density at radius 2 is 2.05 bits per heavy atom. The van der Waals surface area contributed by atoms with E-state index in [9.17, 15) is 13.2 Å². The topological polar surface area (TPSA) is 76.1 Å². The average molecular weight is 318 g/mol. The van der Waals surface area contributed by atoms with E-state index in [4.69, 9.17) is 0 Å². The van der Waals surface area contributed by atoms with Gasteiger partial charge in [-0.15, -0.1) is 0 Å². The molecule has 1 saturated carbocycles. The van der Waals surface area contributed by atoms with E-state index in [1.807, 2.05) is 30.3 Å². The van der Waals surface area contributed by atoms with Crippen LogP contribution in [0.3, 0.4) is 0 Å². The highest BCUT2D eigenvalue weighted by Crippen LogP contribution is 2.40. The van der Waals surface area contributed by atoms with Crippen LogP contribution in [0.15, 0.2) is 30.3 Å². The summed E-state index contributed by atoms with van der Waals surface area (Å²) in [7, 11) is -3.08. The molecule has 1 amide bonds. The van der Waals surface area contributed by atoms with Crippen LogP contribution in [0, 0.1) is 0 Å². The molecule has 0 aliphatic heterocycles. The van der Waals surface area contributed by atoms with Crippen molar-refractivity contribution in [1.82, 2.24) is 10.3 Å². The molecule has 5 nitrogen and oxygen atoms in total. The number of benzene rings is 1. The molecule has 0 unspecified atom stereocenters. The first-order valence-electron chi connectivity index (χ1n) is 7.30. The molecule has 2 aromatic rings. The van der Waals surface area contributed by atoms with Crippen LogP contribution in [0.1, 0.15) is 34.8 Å². The molecule has 22 heavy (non-hydrogen) atoms. The minimum atomic E-state index is -3.08. The maximum Gasteiger partial charge on any atom is 0.252 e. The fourth-order valence-corrected chi connectivity index (χ4v) is 2.89. The van der Waals surface area contributed by atoms with Crippen molar-refractivity contribution in [3.63, 3.8) is 0 Å². The molecular weight excluding hydrogens is 300 g/mol. The largest absolute Gasteiger partial charge is 0.351 e. The van der Waals surface area contributed by atoms with Crippen LogP contribution in [0.4, 0.5) is 0 Å². The fraction of sp³-hybridized carbons (Fsp3) is 0.375. The van der Waals surface area contributed by atoms with Gasteiger partial charge in [0.25, 0.3) is 5.91 Å². The molecule has 1 fully saturated rings. The highest BCUT2D eigenvalue weighted by atomic mass is 32.2. The molecule has 0 radical (unpaired) electrons. The number of hydrogen-bond donors (Lipinski definition) is 1. The third-order valence-electron chi connectivity index (χ3n) is 3.73. The number of sulfone groups is 1. The van der Waals surface area contributed by atoms with Gasteiger partial charge in [0.1, 0.15) is 9.84 Å². The average Bonchev–Trinajstić information content (AvgIpc) is 3.29. The molecule has 116 valence electrons. The number of carbonyl (C=O) groups excluding carboxylic acids is 1. The van der Waals surface area contributed by atoms with Gasteiger partial charge in [0.05, 0.1) is 16.8 Å². The van der Waals surface area contributed by atoms with E-state index in [0.717, 1.165) is 35.7 Å². The molecule has 1 aromatic heterocycles. The second kappa shape index (κ2) is 5.68. The summed E-state index contributed by atoms with van der Waals surface area (Å²) in [4.78, 5) is 17.0. The van der Waals surface area contributed by atoms with E-state index in [1.165, 1.54) is 0 Å². The van der Waals surface area contributed by atoms with Crippen molar-refractivity contribution >= 4 is 26.6 Å². The van der Waals surface area contributed by atoms with Crippen molar-refractivity contribution in [2.45, 2.75) is 18.8 Å². The van der Waals surface area contributed by atoms with E-state index in [-0.39, 0.29) is 18.2 Å². The number of para-hydroxylation sites is 1. The summed E-state index contributed by atoms with van der Waals surface area (Å²) < 4.78 is 22.3. The summed E-state index contributed by atoms with van der Waals surface area (Å²) in [6, 6.07) is 9.38. The number of nitrogens with zero attached hydrogens (tertiary/aromatic N) is 1. The highest BCUT2D eigenvalue weighted by Gasteiger charge is 2.26. The number of fused-ring (bicyclic) bond motifs is 1. The Morgan fingerprint density at radius 1 is 1.32 bits per heavy atom. The first-order chi connectivity index (χ1) is 10.4. The maximum absolute atomic E-state index is 12.4. The van der Waals surface area contributed by atoms with E-state index < -0.39 is 9.84 Å². The zero-order valence-corrected chi connectivity index (χ0v) is 13.2. The summed E-state index contributed by atoms with van der Waals surface area (Å²) in [5.74, 6) is 0.147. The lowest BCUT2D eigenvalue weighted by Gasteiger charge is -2.10. The molecule has 1 aliphatic carbocycles. The van der Waals surface area contributed by atoms with Crippen molar-refractivity contribution in [3.05, 3.63) is 41.6 Å². The smallest absolute Gasteiger partial charge is 0.252 e. The standard InChI is InChI=1S/C16H18N2O3S/c1-22(20,21)9-8-17-16(19)13-10-15(11-6-7-11)18-14-5-3-2-4-12(13)14/h2-5,10-11H,6-9H2,1H3,(H,17,19). The van der Waals surface area contributed by atoms with Gasteiger partial charge in [-0.2, -0.15) is 0 Å². The van der Waals surface area contributed by atoms with Crippen molar-refractivity contribution in [2.24, 2.45) is 0 Å². The lowest BCUT2D eigenvalue weighted by molar-refractivity contribution is 0.0957. The van der Waals surface area contributed by atoms with Gasteiger partial charge >= 0.3 is 0 Å². The van der Waals surface area contributed by atoms with Crippen molar-refractivity contribution < 1.29 is 13.2 Å². The van der Waals surface area contributed by atoms with Gasteiger partial charge < -0.3 is 5.32 Å². The summed E-state index contributed by atoms with van der Waals surface area (Å²) >= 11 is 0. The van der Waals surface area contributed by atoms with Crippen LogP contribution >= 0.6 is 0 Å².